The van der Waals surface area contributed by atoms with Crippen molar-refractivity contribution in [3.63, 3.8) is 0 Å². The van der Waals surface area contributed by atoms with E-state index in [0.717, 1.165) is 6.07 Å². The fourth-order valence-electron chi connectivity index (χ4n) is 1.59. The van der Waals surface area contributed by atoms with Gasteiger partial charge < -0.3 is 14.7 Å². The largest absolute Gasteiger partial charge is 0.347 e. The van der Waals surface area contributed by atoms with Crippen LogP contribution in [0, 0.1) is 11.6 Å². The van der Waals surface area contributed by atoms with E-state index < -0.39 is 17.5 Å². The molecule has 1 aromatic heterocycles. The number of nitrogens with zero attached hydrogens (tertiary/aromatic N) is 3. The Morgan fingerprint density at radius 3 is 2.81 bits per heavy atom. The first-order valence-electron chi connectivity index (χ1n) is 6.17. The van der Waals surface area contributed by atoms with Gasteiger partial charge in [0.2, 0.25) is 11.8 Å². The van der Waals surface area contributed by atoms with Crippen LogP contribution in [-0.2, 0) is 17.8 Å². The number of hydrogen-bond acceptors (Lipinski definition) is 5. The van der Waals surface area contributed by atoms with Gasteiger partial charge in [-0.3, -0.25) is 4.79 Å². The summed E-state index contributed by atoms with van der Waals surface area (Å²) in [4.78, 5) is 17.4. The summed E-state index contributed by atoms with van der Waals surface area (Å²) in [7, 11) is 3.50. The van der Waals surface area contributed by atoms with Gasteiger partial charge in [-0.05, 0) is 11.2 Å². The van der Waals surface area contributed by atoms with Crippen LogP contribution in [-0.4, -0.2) is 30.1 Å². The van der Waals surface area contributed by atoms with E-state index in [1.807, 2.05) is 0 Å². The molecule has 8 heteroatoms. The Balaban J connectivity index is 1.91. The molecule has 1 aromatic carbocycles. The Kier molecular flexibility index (Phi) is 4.46. The quantitative estimate of drug-likeness (QED) is 0.899. The van der Waals surface area contributed by atoms with Crippen LogP contribution in [0.1, 0.15) is 11.5 Å². The molecule has 112 valence electrons. The van der Waals surface area contributed by atoms with E-state index in [1.54, 1.807) is 19.0 Å². The number of rotatable bonds is 5. The van der Waals surface area contributed by atoms with Gasteiger partial charge >= 0.3 is 0 Å². The molecule has 21 heavy (non-hydrogen) atoms. The van der Waals surface area contributed by atoms with Gasteiger partial charge in [-0.2, -0.15) is 4.98 Å². The molecule has 0 saturated heterocycles. The minimum Gasteiger partial charge on any atom is -0.347 e. The third-order valence-corrected chi connectivity index (χ3v) is 2.68. The molecule has 0 aliphatic heterocycles. The summed E-state index contributed by atoms with van der Waals surface area (Å²) in [6.07, 6.45) is -0.266. The van der Waals surface area contributed by atoms with E-state index in [9.17, 15) is 13.6 Å². The van der Waals surface area contributed by atoms with Gasteiger partial charge in [0.25, 0.3) is 5.95 Å². The van der Waals surface area contributed by atoms with Gasteiger partial charge in [-0.1, -0.05) is 12.1 Å². The van der Waals surface area contributed by atoms with Crippen molar-refractivity contribution in [1.29, 1.82) is 0 Å². The molecular formula is C13H14F2N4O2. The smallest absolute Gasteiger partial charge is 0.265 e. The number of nitrogens with one attached hydrogen (secondary N) is 1. The van der Waals surface area contributed by atoms with Gasteiger partial charge in [0.1, 0.15) is 0 Å². The number of halogens is 2. The van der Waals surface area contributed by atoms with Crippen molar-refractivity contribution in [2.75, 3.05) is 19.0 Å². The highest BCUT2D eigenvalue weighted by Gasteiger charge is 2.13. The number of carbonyl (C=O) groups is 1. The first-order chi connectivity index (χ1) is 9.97. The van der Waals surface area contributed by atoms with E-state index in [0.29, 0.717) is 5.95 Å². The number of anilines is 1. The lowest BCUT2D eigenvalue weighted by atomic mass is 10.1. The summed E-state index contributed by atoms with van der Waals surface area (Å²) in [5.41, 5.74) is -0.00740. The number of carbonyl (C=O) groups excluding carboxylic acids is 1. The third-order valence-electron chi connectivity index (χ3n) is 2.68. The van der Waals surface area contributed by atoms with Crippen molar-refractivity contribution in [3.05, 3.63) is 41.3 Å². The zero-order valence-electron chi connectivity index (χ0n) is 11.6. The van der Waals surface area contributed by atoms with Crippen molar-refractivity contribution in [2.24, 2.45) is 0 Å². The molecule has 0 bridgehead atoms. The minimum atomic E-state index is -1.01. The highest BCUT2D eigenvalue weighted by molar-refractivity contribution is 5.78. The fourth-order valence-corrected chi connectivity index (χ4v) is 1.59. The number of benzene rings is 1. The van der Waals surface area contributed by atoms with Crippen LogP contribution in [0.5, 0.6) is 0 Å². The van der Waals surface area contributed by atoms with E-state index in [-0.39, 0.29) is 24.4 Å². The molecule has 1 N–H and O–H groups in total. The maximum atomic E-state index is 13.4. The Morgan fingerprint density at radius 1 is 1.38 bits per heavy atom. The number of hydrogen-bond donors (Lipinski definition) is 1. The van der Waals surface area contributed by atoms with Gasteiger partial charge in [0, 0.05) is 19.7 Å². The maximum absolute atomic E-state index is 13.4. The van der Waals surface area contributed by atoms with Gasteiger partial charge in [-0.15, -0.1) is 0 Å². The van der Waals surface area contributed by atoms with Crippen molar-refractivity contribution < 1.29 is 18.1 Å². The maximum Gasteiger partial charge on any atom is 0.265 e. The molecule has 0 radical (unpaired) electrons. The molecule has 0 saturated carbocycles. The molecule has 2 rings (SSSR count). The molecule has 0 atom stereocenters. The lowest BCUT2D eigenvalue weighted by Crippen LogP contribution is -2.25. The van der Waals surface area contributed by atoms with Crippen LogP contribution in [0.4, 0.5) is 14.7 Å². The van der Waals surface area contributed by atoms with Crippen LogP contribution in [0.25, 0.3) is 0 Å². The number of aromatic nitrogens is 2. The molecule has 0 aliphatic rings. The predicted molar refractivity (Wildman–Crippen MR) is 70.5 cm³/mol. The van der Waals surface area contributed by atoms with Gasteiger partial charge in [0.05, 0.1) is 13.0 Å². The number of amides is 1. The molecule has 0 spiro atoms. The summed E-state index contributed by atoms with van der Waals surface area (Å²) >= 11 is 0. The molecule has 6 nitrogen and oxygen atoms in total. The summed E-state index contributed by atoms with van der Waals surface area (Å²) in [5.74, 6) is -1.85. The van der Waals surface area contributed by atoms with Crippen molar-refractivity contribution in [2.45, 2.75) is 13.0 Å². The second kappa shape index (κ2) is 6.29. The Labute approximate surface area is 119 Å². The monoisotopic (exact) mass is 296 g/mol. The van der Waals surface area contributed by atoms with Crippen LogP contribution < -0.4 is 10.2 Å². The first kappa shape index (κ1) is 14.9. The lowest BCUT2D eigenvalue weighted by Gasteiger charge is -2.04. The second-order valence-electron chi connectivity index (χ2n) is 4.55. The minimum absolute atomic E-state index is 0.00740. The Morgan fingerprint density at radius 2 is 2.14 bits per heavy atom. The second-order valence-corrected chi connectivity index (χ2v) is 4.55. The first-order valence-corrected chi connectivity index (χ1v) is 6.17. The summed E-state index contributed by atoms with van der Waals surface area (Å²) in [6.45, 7) is 0.0244. The van der Waals surface area contributed by atoms with E-state index in [4.69, 9.17) is 4.52 Å². The summed E-state index contributed by atoms with van der Waals surface area (Å²) in [5, 5.41) is 6.19. The molecule has 1 heterocycles. The highest BCUT2D eigenvalue weighted by atomic mass is 19.2. The highest BCUT2D eigenvalue weighted by Crippen LogP contribution is 2.12. The predicted octanol–water partition coefficient (Wildman–Crippen LogP) is 1.27. The van der Waals surface area contributed by atoms with Crippen LogP contribution in [0.2, 0.25) is 0 Å². The molecule has 0 unspecified atom stereocenters. The van der Waals surface area contributed by atoms with Crippen molar-refractivity contribution in [1.82, 2.24) is 15.5 Å². The molecule has 2 aromatic rings. The van der Waals surface area contributed by atoms with Crippen molar-refractivity contribution in [3.8, 4) is 0 Å². The third kappa shape index (κ3) is 3.74. The fraction of sp³-hybridized carbons (Fsp3) is 0.308. The summed E-state index contributed by atoms with van der Waals surface area (Å²) in [6, 6.07) is 3.70. The van der Waals surface area contributed by atoms with E-state index >= 15 is 0 Å². The molecular weight excluding hydrogens is 282 g/mol. The standard InChI is InChI=1S/C13H14F2N4O2/c1-19(2)13-17-11(21-18-13)7-16-10(20)6-8-4-3-5-9(14)12(8)15/h3-5H,6-7H2,1-2H3,(H,16,20). The van der Waals surface area contributed by atoms with Gasteiger partial charge in [0.15, 0.2) is 11.6 Å². The average molecular weight is 296 g/mol. The molecule has 1 amide bonds. The van der Waals surface area contributed by atoms with Crippen LogP contribution >= 0.6 is 0 Å². The SMILES string of the molecule is CN(C)c1noc(CNC(=O)Cc2cccc(F)c2F)n1. The Bertz CT molecular complexity index is 643. The summed E-state index contributed by atoms with van der Waals surface area (Å²) < 4.78 is 31.3. The van der Waals surface area contributed by atoms with Crippen molar-refractivity contribution >= 4 is 11.9 Å². The Hall–Kier alpha value is -2.51. The van der Waals surface area contributed by atoms with E-state index in [1.165, 1.54) is 12.1 Å². The average Bonchev–Trinajstić information content (AvgIpc) is 2.91. The van der Waals surface area contributed by atoms with Crippen LogP contribution in [0.3, 0.4) is 0 Å². The lowest BCUT2D eigenvalue weighted by molar-refractivity contribution is -0.120. The van der Waals surface area contributed by atoms with Gasteiger partial charge in [-0.25, -0.2) is 8.78 Å². The topological polar surface area (TPSA) is 71.3 Å². The zero-order chi connectivity index (χ0) is 15.4. The van der Waals surface area contributed by atoms with Crippen LogP contribution in [0.15, 0.2) is 22.7 Å². The van der Waals surface area contributed by atoms with E-state index in [2.05, 4.69) is 15.5 Å². The molecule has 0 fully saturated rings. The zero-order valence-corrected chi connectivity index (χ0v) is 11.6. The molecule has 0 aliphatic carbocycles. The normalized spacial score (nSPS) is 10.5.